The van der Waals surface area contributed by atoms with Gasteiger partial charge < -0.3 is 15.0 Å². The lowest BCUT2D eigenvalue weighted by Crippen LogP contribution is -2.37. The zero-order valence-corrected chi connectivity index (χ0v) is 15.1. The van der Waals surface area contributed by atoms with Gasteiger partial charge in [-0.05, 0) is 19.4 Å². The molecule has 9 nitrogen and oxygen atoms in total. The highest BCUT2D eigenvalue weighted by atomic mass is 16.5. The van der Waals surface area contributed by atoms with Crippen LogP contribution in [-0.4, -0.2) is 64.5 Å². The summed E-state index contributed by atoms with van der Waals surface area (Å²) in [5.74, 6) is 2.21. The molecule has 9 heteroatoms. The molecule has 0 saturated carbocycles. The predicted octanol–water partition coefficient (Wildman–Crippen LogP) is 0.573. The van der Waals surface area contributed by atoms with Gasteiger partial charge in [-0.15, -0.1) is 0 Å². The van der Waals surface area contributed by atoms with Crippen LogP contribution in [0.5, 0.6) is 0 Å². The molecule has 0 radical (unpaired) electrons. The number of aromatic nitrogens is 4. The molecule has 0 aliphatic carbocycles. The van der Waals surface area contributed by atoms with Crippen molar-refractivity contribution in [1.29, 1.82) is 0 Å². The number of carbonyl (C=O) groups is 1. The molecule has 1 N–H and O–H groups in total. The molecule has 2 aromatic heterocycles. The van der Waals surface area contributed by atoms with E-state index < -0.39 is 0 Å². The van der Waals surface area contributed by atoms with Gasteiger partial charge in [0.2, 0.25) is 5.95 Å². The Morgan fingerprint density at radius 2 is 2.08 bits per heavy atom. The molecular formula is C17H23N7O2. The molecule has 4 heterocycles. The molecule has 1 amide bonds. The van der Waals surface area contributed by atoms with Crippen LogP contribution in [-0.2, 0) is 16.6 Å². The number of rotatable bonds is 4. The van der Waals surface area contributed by atoms with Gasteiger partial charge in [-0.1, -0.05) is 0 Å². The van der Waals surface area contributed by atoms with Crippen LogP contribution in [0.15, 0.2) is 18.3 Å². The molecular weight excluding hydrogens is 334 g/mol. The molecule has 2 aliphatic rings. The second-order valence-corrected chi connectivity index (χ2v) is 6.58. The summed E-state index contributed by atoms with van der Waals surface area (Å²) in [4.78, 5) is 25.6. The van der Waals surface area contributed by atoms with Crippen LogP contribution < -0.4 is 15.1 Å². The molecule has 2 aliphatic heterocycles. The third-order valence-electron chi connectivity index (χ3n) is 4.72. The minimum Gasteiger partial charge on any atom is -0.378 e. The number of amides is 1. The summed E-state index contributed by atoms with van der Waals surface area (Å²) in [6.07, 6.45) is 2.45. The third-order valence-corrected chi connectivity index (χ3v) is 4.72. The Kier molecular flexibility index (Phi) is 4.46. The van der Waals surface area contributed by atoms with E-state index in [1.54, 1.807) is 21.8 Å². The van der Waals surface area contributed by atoms with Crippen LogP contribution in [0.25, 0.3) is 0 Å². The quantitative estimate of drug-likeness (QED) is 0.856. The Bertz CT molecular complexity index is 800. The monoisotopic (exact) mass is 357 g/mol. The van der Waals surface area contributed by atoms with Crippen molar-refractivity contribution in [3.63, 3.8) is 0 Å². The molecule has 138 valence electrons. The molecule has 0 aromatic carbocycles. The second kappa shape index (κ2) is 6.91. The lowest BCUT2D eigenvalue weighted by atomic mass is 10.2. The Hall–Kier alpha value is -2.68. The van der Waals surface area contributed by atoms with E-state index in [2.05, 4.69) is 25.3 Å². The number of nitrogens with zero attached hydrogens (tertiary/aromatic N) is 6. The number of morpholine rings is 1. The van der Waals surface area contributed by atoms with Gasteiger partial charge in [-0.2, -0.15) is 10.1 Å². The van der Waals surface area contributed by atoms with Crippen LogP contribution >= 0.6 is 0 Å². The van der Waals surface area contributed by atoms with E-state index in [4.69, 9.17) is 4.74 Å². The zero-order chi connectivity index (χ0) is 18.1. The molecule has 26 heavy (non-hydrogen) atoms. The summed E-state index contributed by atoms with van der Waals surface area (Å²) in [6.45, 7) is 5.51. The van der Waals surface area contributed by atoms with Crippen LogP contribution in [0, 0.1) is 6.92 Å². The van der Waals surface area contributed by atoms with Gasteiger partial charge in [0, 0.05) is 38.9 Å². The summed E-state index contributed by atoms with van der Waals surface area (Å²) >= 11 is 0. The standard InChI is InChI=1S/C17H23N7O2/c1-12-11-15(22(2)21-12)24-6-4-13(16(24)25)19-14-3-5-18-17(20-14)23-7-9-26-10-8-23/h3,5,11,13H,4,6-10H2,1-2H3,(H,18,19,20). The second-order valence-electron chi connectivity index (χ2n) is 6.58. The van der Waals surface area contributed by atoms with Crippen LogP contribution in [0.2, 0.25) is 0 Å². The number of aryl methyl sites for hydroxylation is 2. The first-order valence-corrected chi connectivity index (χ1v) is 8.86. The van der Waals surface area contributed by atoms with Gasteiger partial charge in [-0.3, -0.25) is 14.4 Å². The van der Waals surface area contributed by atoms with Gasteiger partial charge in [0.1, 0.15) is 17.7 Å². The largest absolute Gasteiger partial charge is 0.378 e. The Morgan fingerprint density at radius 1 is 1.27 bits per heavy atom. The number of carbonyl (C=O) groups excluding carboxylic acids is 1. The highest BCUT2D eigenvalue weighted by Crippen LogP contribution is 2.24. The highest BCUT2D eigenvalue weighted by molar-refractivity contribution is 6.00. The fraction of sp³-hybridized carbons (Fsp3) is 0.529. The molecule has 2 saturated heterocycles. The van der Waals surface area contributed by atoms with Crippen molar-refractivity contribution in [3.8, 4) is 0 Å². The maximum absolute atomic E-state index is 12.8. The van der Waals surface area contributed by atoms with Crippen molar-refractivity contribution in [2.24, 2.45) is 7.05 Å². The van der Waals surface area contributed by atoms with E-state index in [0.29, 0.717) is 31.5 Å². The average Bonchev–Trinajstić information content (AvgIpc) is 3.17. The van der Waals surface area contributed by atoms with Crippen molar-refractivity contribution < 1.29 is 9.53 Å². The van der Waals surface area contributed by atoms with Gasteiger partial charge >= 0.3 is 0 Å². The van der Waals surface area contributed by atoms with E-state index >= 15 is 0 Å². The number of ether oxygens (including phenoxy) is 1. The average molecular weight is 357 g/mol. The molecule has 2 aromatic rings. The fourth-order valence-corrected chi connectivity index (χ4v) is 3.41. The number of anilines is 3. The molecule has 2 fully saturated rings. The number of nitrogens with one attached hydrogen (secondary N) is 1. The molecule has 4 rings (SSSR count). The summed E-state index contributed by atoms with van der Waals surface area (Å²) in [5, 5.41) is 7.59. The van der Waals surface area contributed by atoms with Crippen molar-refractivity contribution in [2.75, 3.05) is 48.0 Å². The van der Waals surface area contributed by atoms with Gasteiger partial charge in [-0.25, -0.2) is 4.98 Å². The molecule has 1 atom stereocenters. The SMILES string of the molecule is Cc1cc(N2CCC(Nc3ccnc(N4CCOCC4)n3)C2=O)n(C)n1. The van der Waals surface area contributed by atoms with Gasteiger partial charge in [0.25, 0.3) is 5.91 Å². The normalized spacial score (nSPS) is 20.7. The Labute approximate surface area is 152 Å². The molecule has 0 bridgehead atoms. The predicted molar refractivity (Wildman–Crippen MR) is 97.4 cm³/mol. The third kappa shape index (κ3) is 3.22. The first kappa shape index (κ1) is 16.8. The summed E-state index contributed by atoms with van der Waals surface area (Å²) < 4.78 is 7.12. The first-order valence-electron chi connectivity index (χ1n) is 8.86. The van der Waals surface area contributed by atoms with Crippen LogP contribution in [0.4, 0.5) is 17.6 Å². The zero-order valence-electron chi connectivity index (χ0n) is 15.1. The summed E-state index contributed by atoms with van der Waals surface area (Å²) in [5.41, 5.74) is 0.901. The number of hydrogen-bond acceptors (Lipinski definition) is 7. The van der Waals surface area contributed by atoms with E-state index in [1.807, 2.05) is 20.0 Å². The van der Waals surface area contributed by atoms with Crippen molar-refractivity contribution in [1.82, 2.24) is 19.7 Å². The fourth-order valence-electron chi connectivity index (χ4n) is 3.41. The van der Waals surface area contributed by atoms with Gasteiger partial charge in [0.15, 0.2) is 0 Å². The van der Waals surface area contributed by atoms with Crippen molar-refractivity contribution >= 4 is 23.5 Å². The Balaban J connectivity index is 1.46. The summed E-state index contributed by atoms with van der Waals surface area (Å²) in [7, 11) is 1.86. The maximum Gasteiger partial charge on any atom is 0.250 e. The lowest BCUT2D eigenvalue weighted by molar-refractivity contribution is -0.117. The lowest BCUT2D eigenvalue weighted by Gasteiger charge is -2.27. The van der Waals surface area contributed by atoms with Crippen LogP contribution in [0.3, 0.4) is 0 Å². The van der Waals surface area contributed by atoms with E-state index in [1.165, 1.54) is 0 Å². The summed E-state index contributed by atoms with van der Waals surface area (Å²) in [6, 6.07) is 3.44. The van der Waals surface area contributed by atoms with Crippen LogP contribution in [0.1, 0.15) is 12.1 Å². The minimum absolute atomic E-state index is 0.0412. The smallest absolute Gasteiger partial charge is 0.250 e. The van der Waals surface area contributed by atoms with Gasteiger partial charge in [0.05, 0.1) is 18.9 Å². The molecule has 1 unspecified atom stereocenters. The highest BCUT2D eigenvalue weighted by Gasteiger charge is 2.34. The Morgan fingerprint density at radius 3 is 2.81 bits per heavy atom. The van der Waals surface area contributed by atoms with E-state index in [0.717, 1.165) is 31.0 Å². The topological polar surface area (TPSA) is 88.4 Å². The van der Waals surface area contributed by atoms with Crippen molar-refractivity contribution in [3.05, 3.63) is 24.0 Å². The minimum atomic E-state index is -0.294. The van der Waals surface area contributed by atoms with E-state index in [9.17, 15) is 4.79 Å². The number of hydrogen-bond donors (Lipinski definition) is 1. The molecule has 0 spiro atoms. The van der Waals surface area contributed by atoms with Crippen molar-refractivity contribution in [2.45, 2.75) is 19.4 Å². The van der Waals surface area contributed by atoms with E-state index in [-0.39, 0.29) is 11.9 Å². The maximum atomic E-state index is 12.8. The first-order chi connectivity index (χ1) is 12.6.